The number of fused-ring (bicyclic) bond motifs is 1. The monoisotopic (exact) mass is 256 g/mol. The van der Waals surface area contributed by atoms with Gasteiger partial charge in [-0.15, -0.1) is 11.3 Å². The largest absolute Gasteiger partial charge is 0.316 e. The van der Waals surface area contributed by atoms with E-state index in [1.807, 2.05) is 5.38 Å². The molecule has 2 aliphatic heterocycles. The summed E-state index contributed by atoms with van der Waals surface area (Å²) >= 11 is 7.74. The molecular formula is C12H17ClN2S. The second-order valence-corrected chi connectivity index (χ2v) is 6.42. The molecule has 3 unspecified atom stereocenters. The summed E-state index contributed by atoms with van der Waals surface area (Å²) < 4.78 is 0. The van der Waals surface area contributed by atoms with Crippen LogP contribution < -0.4 is 5.32 Å². The molecule has 0 radical (unpaired) electrons. The Kier molecular flexibility index (Phi) is 2.96. The van der Waals surface area contributed by atoms with Gasteiger partial charge in [-0.3, -0.25) is 4.90 Å². The normalized spacial score (nSPS) is 34.5. The molecule has 2 nitrogen and oxygen atoms in total. The zero-order valence-electron chi connectivity index (χ0n) is 9.45. The Labute approximate surface area is 106 Å². The molecule has 0 spiro atoms. The average Bonchev–Trinajstić information content (AvgIpc) is 2.90. The standard InChI is InChI=1S/C12H17ClN2S/c1-8-12-4-14-3-9(12)5-15(8)6-11-2-10(13)7-16-11/h2,7-9,12,14H,3-6H2,1H3. The van der Waals surface area contributed by atoms with Gasteiger partial charge in [0.25, 0.3) is 0 Å². The molecule has 3 heterocycles. The SMILES string of the molecule is CC1C2CNCC2CN1Cc1cc(Cl)cs1. The highest BCUT2D eigenvalue weighted by atomic mass is 35.5. The Bertz CT molecular complexity index is 379. The molecule has 3 rings (SSSR count). The summed E-state index contributed by atoms with van der Waals surface area (Å²) in [5, 5.41) is 6.41. The predicted molar refractivity (Wildman–Crippen MR) is 69.1 cm³/mol. The summed E-state index contributed by atoms with van der Waals surface area (Å²) in [5.41, 5.74) is 0. The van der Waals surface area contributed by atoms with Crippen LogP contribution in [0.1, 0.15) is 11.8 Å². The number of halogens is 1. The first-order chi connectivity index (χ1) is 7.74. The molecule has 2 saturated heterocycles. The van der Waals surface area contributed by atoms with Crippen LogP contribution in [0, 0.1) is 11.8 Å². The van der Waals surface area contributed by atoms with E-state index < -0.39 is 0 Å². The third-order valence-corrected chi connectivity index (χ3v) is 5.31. The molecule has 3 atom stereocenters. The van der Waals surface area contributed by atoms with Gasteiger partial charge in [0.05, 0.1) is 5.02 Å². The van der Waals surface area contributed by atoms with Crippen LogP contribution in [0.4, 0.5) is 0 Å². The molecular weight excluding hydrogens is 240 g/mol. The van der Waals surface area contributed by atoms with Crippen LogP contribution in [0.5, 0.6) is 0 Å². The maximum absolute atomic E-state index is 5.96. The lowest BCUT2D eigenvalue weighted by molar-refractivity contribution is 0.233. The number of nitrogens with one attached hydrogen (secondary N) is 1. The van der Waals surface area contributed by atoms with Crippen molar-refractivity contribution in [1.82, 2.24) is 10.2 Å². The van der Waals surface area contributed by atoms with Gasteiger partial charge in [-0.2, -0.15) is 0 Å². The molecule has 2 aliphatic rings. The molecule has 1 N–H and O–H groups in total. The van der Waals surface area contributed by atoms with Crippen molar-refractivity contribution in [3.8, 4) is 0 Å². The molecule has 88 valence electrons. The number of likely N-dealkylation sites (tertiary alicyclic amines) is 1. The quantitative estimate of drug-likeness (QED) is 0.875. The first-order valence-corrected chi connectivity index (χ1v) is 7.17. The van der Waals surface area contributed by atoms with Gasteiger partial charge >= 0.3 is 0 Å². The van der Waals surface area contributed by atoms with Crippen molar-refractivity contribution in [2.45, 2.75) is 19.5 Å². The molecule has 1 aromatic rings. The van der Waals surface area contributed by atoms with Gasteiger partial charge in [-0.25, -0.2) is 0 Å². The number of rotatable bonds is 2. The lowest BCUT2D eigenvalue weighted by Crippen LogP contribution is -2.32. The van der Waals surface area contributed by atoms with Gasteiger partial charge < -0.3 is 5.32 Å². The van der Waals surface area contributed by atoms with Crippen LogP contribution in [-0.4, -0.2) is 30.6 Å². The highest BCUT2D eigenvalue weighted by molar-refractivity contribution is 7.10. The van der Waals surface area contributed by atoms with E-state index >= 15 is 0 Å². The van der Waals surface area contributed by atoms with Gasteiger partial charge in [0.2, 0.25) is 0 Å². The van der Waals surface area contributed by atoms with E-state index in [0.717, 1.165) is 23.4 Å². The fourth-order valence-corrected chi connectivity index (χ4v) is 4.20. The molecule has 4 heteroatoms. The van der Waals surface area contributed by atoms with E-state index in [0.29, 0.717) is 6.04 Å². The van der Waals surface area contributed by atoms with Crippen molar-refractivity contribution in [1.29, 1.82) is 0 Å². The third kappa shape index (κ3) is 1.90. The first kappa shape index (κ1) is 11.0. The summed E-state index contributed by atoms with van der Waals surface area (Å²) in [5.74, 6) is 1.72. The molecule has 1 aromatic heterocycles. The fraction of sp³-hybridized carbons (Fsp3) is 0.667. The minimum absolute atomic E-state index is 0.709. The van der Waals surface area contributed by atoms with Gasteiger partial charge in [-0.1, -0.05) is 11.6 Å². The highest BCUT2D eigenvalue weighted by Crippen LogP contribution is 2.34. The molecule has 0 aliphatic carbocycles. The maximum Gasteiger partial charge on any atom is 0.0516 e. The Hall–Kier alpha value is -0.0900. The summed E-state index contributed by atoms with van der Waals surface area (Å²) in [6.07, 6.45) is 0. The molecule has 0 saturated carbocycles. The van der Waals surface area contributed by atoms with Crippen molar-refractivity contribution in [3.63, 3.8) is 0 Å². The Morgan fingerprint density at radius 3 is 3.12 bits per heavy atom. The van der Waals surface area contributed by atoms with Gasteiger partial charge in [0, 0.05) is 29.4 Å². The minimum atomic E-state index is 0.709. The van der Waals surface area contributed by atoms with E-state index in [1.165, 1.54) is 24.5 Å². The van der Waals surface area contributed by atoms with Crippen molar-refractivity contribution in [2.24, 2.45) is 11.8 Å². The molecule has 2 fully saturated rings. The smallest absolute Gasteiger partial charge is 0.0516 e. The van der Waals surface area contributed by atoms with Crippen molar-refractivity contribution >= 4 is 22.9 Å². The summed E-state index contributed by atoms with van der Waals surface area (Å²) in [6, 6.07) is 2.81. The number of hydrogen-bond donors (Lipinski definition) is 1. The van der Waals surface area contributed by atoms with Crippen LogP contribution in [0.15, 0.2) is 11.4 Å². The maximum atomic E-state index is 5.96. The van der Waals surface area contributed by atoms with Gasteiger partial charge in [-0.05, 0) is 37.9 Å². The first-order valence-electron chi connectivity index (χ1n) is 5.91. The minimum Gasteiger partial charge on any atom is -0.316 e. The third-order valence-electron chi connectivity index (χ3n) is 4.04. The van der Waals surface area contributed by atoms with Crippen molar-refractivity contribution < 1.29 is 0 Å². The summed E-state index contributed by atoms with van der Waals surface area (Å²) in [4.78, 5) is 4.00. The van der Waals surface area contributed by atoms with E-state index in [1.54, 1.807) is 11.3 Å². The number of hydrogen-bond acceptors (Lipinski definition) is 3. The second-order valence-electron chi connectivity index (χ2n) is 4.98. The second kappa shape index (κ2) is 4.30. The van der Waals surface area contributed by atoms with Gasteiger partial charge in [0.15, 0.2) is 0 Å². The predicted octanol–water partition coefficient (Wildman–Crippen LogP) is 2.44. The molecule has 0 amide bonds. The lowest BCUT2D eigenvalue weighted by atomic mass is 9.95. The van der Waals surface area contributed by atoms with Crippen LogP contribution >= 0.6 is 22.9 Å². The van der Waals surface area contributed by atoms with Crippen LogP contribution in [0.2, 0.25) is 5.02 Å². The Morgan fingerprint density at radius 1 is 1.56 bits per heavy atom. The topological polar surface area (TPSA) is 15.3 Å². The number of nitrogens with zero attached hydrogens (tertiary/aromatic N) is 1. The highest BCUT2D eigenvalue weighted by Gasteiger charge is 2.41. The summed E-state index contributed by atoms with van der Waals surface area (Å²) in [6.45, 7) is 7.09. The van der Waals surface area contributed by atoms with Crippen LogP contribution in [-0.2, 0) is 6.54 Å². The zero-order chi connectivity index (χ0) is 11.1. The lowest BCUT2D eigenvalue weighted by Gasteiger charge is -2.23. The zero-order valence-corrected chi connectivity index (χ0v) is 11.0. The van der Waals surface area contributed by atoms with E-state index in [9.17, 15) is 0 Å². The van der Waals surface area contributed by atoms with Crippen LogP contribution in [0.3, 0.4) is 0 Å². The van der Waals surface area contributed by atoms with E-state index in [-0.39, 0.29) is 0 Å². The summed E-state index contributed by atoms with van der Waals surface area (Å²) in [7, 11) is 0. The molecule has 0 aromatic carbocycles. The van der Waals surface area contributed by atoms with Crippen molar-refractivity contribution in [3.05, 3.63) is 21.3 Å². The van der Waals surface area contributed by atoms with E-state index in [2.05, 4.69) is 23.2 Å². The Balaban J connectivity index is 1.68. The fourth-order valence-electron chi connectivity index (χ4n) is 3.10. The Morgan fingerprint density at radius 2 is 2.44 bits per heavy atom. The average molecular weight is 257 g/mol. The van der Waals surface area contributed by atoms with Gasteiger partial charge in [0.1, 0.15) is 0 Å². The molecule has 0 bridgehead atoms. The number of thiophene rings is 1. The van der Waals surface area contributed by atoms with E-state index in [4.69, 9.17) is 11.6 Å². The molecule has 16 heavy (non-hydrogen) atoms. The van der Waals surface area contributed by atoms with Crippen molar-refractivity contribution in [2.75, 3.05) is 19.6 Å². The van der Waals surface area contributed by atoms with Crippen LogP contribution in [0.25, 0.3) is 0 Å².